The highest BCUT2D eigenvalue weighted by Crippen LogP contribution is 2.38. The van der Waals surface area contributed by atoms with Crippen molar-refractivity contribution in [1.82, 2.24) is 4.90 Å². The van der Waals surface area contributed by atoms with Crippen LogP contribution in [0.4, 0.5) is 0 Å². The molecule has 0 saturated carbocycles. The van der Waals surface area contributed by atoms with E-state index in [0.29, 0.717) is 0 Å². The molecule has 7 heteroatoms. The van der Waals surface area contributed by atoms with Crippen molar-refractivity contribution in [3.63, 3.8) is 0 Å². The van der Waals surface area contributed by atoms with E-state index in [-0.39, 0.29) is 11.7 Å². The van der Waals surface area contributed by atoms with Gasteiger partial charge in [-0.2, -0.15) is 5.26 Å². The number of amidine groups is 1. The van der Waals surface area contributed by atoms with Gasteiger partial charge in [-0.25, -0.2) is 4.99 Å². The molecule has 1 saturated heterocycles. The molecule has 0 amide bonds. The van der Waals surface area contributed by atoms with E-state index in [0.717, 1.165) is 0 Å². The molecule has 0 aromatic rings. The summed E-state index contributed by atoms with van der Waals surface area (Å²) in [6.45, 7) is 3.10. The van der Waals surface area contributed by atoms with Crippen molar-refractivity contribution in [2.24, 2.45) is 16.6 Å². The van der Waals surface area contributed by atoms with E-state index >= 15 is 0 Å². The van der Waals surface area contributed by atoms with Crippen LogP contribution in [0, 0.1) is 29.6 Å². The molecule has 104 valence electrons. The number of ether oxygens (including phenoxy) is 1. The summed E-state index contributed by atoms with van der Waals surface area (Å²) in [6, 6.07) is 1.94. The van der Waals surface area contributed by atoms with Gasteiger partial charge in [0.2, 0.25) is 0 Å². The number of rotatable bonds is 2. The number of hydrogen-bond donors (Lipinski definition) is 3. The van der Waals surface area contributed by atoms with Crippen LogP contribution in [0.3, 0.4) is 0 Å². The molecule has 2 rings (SSSR count). The predicted octanol–water partition coefficient (Wildman–Crippen LogP) is -1.13. The summed E-state index contributed by atoms with van der Waals surface area (Å²) in [4.78, 5) is 5.40. The van der Waals surface area contributed by atoms with Gasteiger partial charge in [0.1, 0.15) is 23.7 Å². The highest BCUT2D eigenvalue weighted by atomic mass is 16.6. The van der Waals surface area contributed by atoms with Crippen molar-refractivity contribution in [3.05, 3.63) is 24.7 Å². The van der Waals surface area contributed by atoms with Crippen molar-refractivity contribution in [2.45, 2.75) is 17.9 Å². The Labute approximate surface area is 116 Å². The fourth-order valence-electron chi connectivity index (χ4n) is 2.18. The second-order valence-electron chi connectivity index (χ2n) is 4.48. The molecule has 0 aliphatic carbocycles. The summed E-state index contributed by atoms with van der Waals surface area (Å²) in [5.41, 5.74) is 3.92. The van der Waals surface area contributed by atoms with Crippen molar-refractivity contribution in [1.29, 1.82) is 5.26 Å². The Morgan fingerprint density at radius 3 is 2.90 bits per heavy atom. The Balaban J connectivity index is 2.35. The summed E-state index contributed by atoms with van der Waals surface area (Å²) >= 11 is 0. The largest absolute Gasteiger partial charge is 0.392 e. The van der Waals surface area contributed by atoms with Crippen LogP contribution in [0.5, 0.6) is 0 Å². The van der Waals surface area contributed by atoms with E-state index < -0.39 is 30.5 Å². The first-order valence-corrected chi connectivity index (χ1v) is 5.83. The second-order valence-corrected chi connectivity index (χ2v) is 4.48. The molecule has 0 bridgehead atoms. The van der Waals surface area contributed by atoms with E-state index in [1.165, 1.54) is 17.2 Å². The third-order valence-electron chi connectivity index (χ3n) is 3.32. The first-order valence-electron chi connectivity index (χ1n) is 5.83. The van der Waals surface area contributed by atoms with Gasteiger partial charge in [-0.3, -0.25) is 0 Å². The van der Waals surface area contributed by atoms with Crippen LogP contribution in [-0.4, -0.2) is 45.5 Å². The lowest BCUT2D eigenvalue weighted by Gasteiger charge is -2.30. The lowest BCUT2D eigenvalue weighted by Crippen LogP contribution is -2.43. The lowest BCUT2D eigenvalue weighted by molar-refractivity contribution is -0.0989. The van der Waals surface area contributed by atoms with Gasteiger partial charge < -0.3 is 25.6 Å². The highest BCUT2D eigenvalue weighted by molar-refractivity contribution is 5.92. The third-order valence-corrected chi connectivity index (χ3v) is 3.32. The molecule has 0 spiro atoms. The average Bonchev–Trinajstić information content (AvgIpc) is 2.71. The SMILES string of the molecule is C#C[C@]1(CO)O[C@@H](N2C=CC(N)=NC2=C)[C@@H](C#N)[C@@H]1O. The molecular formula is C13H14N4O3. The van der Waals surface area contributed by atoms with Gasteiger partial charge in [0.25, 0.3) is 0 Å². The molecule has 1 fully saturated rings. The maximum atomic E-state index is 10.1. The quantitative estimate of drug-likeness (QED) is 0.549. The monoisotopic (exact) mass is 274 g/mol. The van der Waals surface area contributed by atoms with E-state index in [9.17, 15) is 15.5 Å². The number of terminal acetylenes is 1. The van der Waals surface area contributed by atoms with Crippen LogP contribution in [0.15, 0.2) is 29.7 Å². The first-order chi connectivity index (χ1) is 9.49. The Morgan fingerprint density at radius 2 is 2.40 bits per heavy atom. The minimum atomic E-state index is -1.62. The van der Waals surface area contributed by atoms with Crippen LogP contribution in [-0.2, 0) is 4.74 Å². The summed E-state index contributed by atoms with van der Waals surface area (Å²) in [6.07, 6.45) is 6.14. The molecule has 20 heavy (non-hydrogen) atoms. The summed E-state index contributed by atoms with van der Waals surface area (Å²) in [7, 11) is 0. The van der Waals surface area contributed by atoms with E-state index in [2.05, 4.69) is 17.5 Å². The molecule has 0 aromatic heterocycles. The number of aliphatic hydroxyl groups excluding tert-OH is 2. The van der Waals surface area contributed by atoms with Gasteiger partial charge in [0.05, 0.1) is 12.7 Å². The van der Waals surface area contributed by atoms with E-state index in [4.69, 9.17) is 16.9 Å². The number of aliphatic hydroxyl groups is 2. The molecule has 0 radical (unpaired) electrons. The number of nitriles is 1. The standard InChI is InChI=1S/C13H14N4O3/c1-3-13(7-18)11(19)9(6-14)12(20-13)17-5-4-10(15)16-8(17)2/h1,4-5,9,11-12,18-19H,2,7H2,(H2,15,16)/t9-,11-,12+,13+/m0/s1. The van der Waals surface area contributed by atoms with Gasteiger partial charge >= 0.3 is 0 Å². The molecule has 4 atom stereocenters. The first kappa shape index (κ1) is 14.1. The van der Waals surface area contributed by atoms with Crippen LogP contribution >= 0.6 is 0 Å². The van der Waals surface area contributed by atoms with Crippen LogP contribution in [0.25, 0.3) is 0 Å². The smallest absolute Gasteiger partial charge is 0.180 e. The van der Waals surface area contributed by atoms with Gasteiger partial charge in [-0.15, -0.1) is 6.42 Å². The van der Waals surface area contributed by atoms with Crippen LogP contribution < -0.4 is 5.73 Å². The lowest BCUT2D eigenvalue weighted by atomic mass is 9.91. The second kappa shape index (κ2) is 4.99. The van der Waals surface area contributed by atoms with Gasteiger partial charge in [0, 0.05) is 6.20 Å². The molecule has 7 nitrogen and oxygen atoms in total. The molecule has 2 heterocycles. The third kappa shape index (κ3) is 1.95. The fraction of sp³-hybridized carbons (Fsp3) is 0.385. The van der Waals surface area contributed by atoms with Crippen molar-refractivity contribution in [3.8, 4) is 18.4 Å². The van der Waals surface area contributed by atoms with E-state index in [1.807, 2.05) is 6.07 Å². The van der Waals surface area contributed by atoms with Crippen molar-refractivity contribution < 1.29 is 14.9 Å². The number of hydrogen-bond acceptors (Lipinski definition) is 7. The van der Waals surface area contributed by atoms with E-state index in [1.54, 1.807) is 0 Å². The maximum Gasteiger partial charge on any atom is 0.180 e. The Hall–Kier alpha value is -2.32. The van der Waals surface area contributed by atoms with Gasteiger partial charge in [0.15, 0.2) is 11.8 Å². The fourth-order valence-corrected chi connectivity index (χ4v) is 2.18. The zero-order valence-electron chi connectivity index (χ0n) is 10.6. The Morgan fingerprint density at radius 1 is 1.70 bits per heavy atom. The number of aliphatic imine (C=N–C) groups is 1. The molecule has 2 aliphatic heterocycles. The molecule has 0 aromatic carbocycles. The average molecular weight is 274 g/mol. The predicted molar refractivity (Wildman–Crippen MR) is 70.4 cm³/mol. The summed E-state index contributed by atoms with van der Waals surface area (Å²) < 4.78 is 5.55. The minimum absolute atomic E-state index is 0.258. The number of nitrogens with zero attached hydrogens (tertiary/aromatic N) is 3. The zero-order valence-corrected chi connectivity index (χ0v) is 10.6. The molecular weight excluding hydrogens is 260 g/mol. The maximum absolute atomic E-state index is 10.1. The van der Waals surface area contributed by atoms with Gasteiger partial charge in [-0.05, 0) is 6.08 Å². The minimum Gasteiger partial charge on any atom is -0.392 e. The summed E-state index contributed by atoms with van der Waals surface area (Å²) in [5, 5.41) is 28.7. The normalized spacial score (nSPS) is 36.4. The van der Waals surface area contributed by atoms with Crippen LogP contribution in [0.2, 0.25) is 0 Å². The number of nitrogens with two attached hydrogens (primary N) is 1. The van der Waals surface area contributed by atoms with Crippen LogP contribution in [0.1, 0.15) is 0 Å². The summed E-state index contributed by atoms with van der Waals surface area (Å²) in [5.74, 6) is 1.78. The van der Waals surface area contributed by atoms with Crippen molar-refractivity contribution in [2.75, 3.05) is 6.61 Å². The molecule has 0 unspecified atom stereocenters. The molecule has 4 N–H and O–H groups in total. The van der Waals surface area contributed by atoms with Gasteiger partial charge in [-0.1, -0.05) is 12.5 Å². The highest BCUT2D eigenvalue weighted by Gasteiger charge is 2.56. The Bertz CT molecular complexity index is 571. The van der Waals surface area contributed by atoms with Crippen molar-refractivity contribution >= 4 is 5.84 Å². The molecule has 2 aliphatic rings. The Kier molecular flexibility index (Phi) is 3.51. The zero-order chi connectivity index (χ0) is 14.9. The topological polar surface area (TPSA) is 115 Å².